The summed E-state index contributed by atoms with van der Waals surface area (Å²) in [5.41, 5.74) is 3.79. The highest BCUT2D eigenvalue weighted by molar-refractivity contribution is 6.34. The van der Waals surface area contributed by atoms with Crippen molar-refractivity contribution in [3.63, 3.8) is 0 Å². The molecule has 1 amide bonds. The van der Waals surface area contributed by atoms with Gasteiger partial charge in [-0.25, -0.2) is 5.01 Å². The minimum Gasteiger partial charge on any atom is -0.497 e. The lowest BCUT2D eigenvalue weighted by molar-refractivity contribution is -0.134. The van der Waals surface area contributed by atoms with E-state index in [1.807, 2.05) is 48.5 Å². The molecule has 1 atom stereocenters. The van der Waals surface area contributed by atoms with Gasteiger partial charge < -0.3 is 9.47 Å². The third-order valence-electron chi connectivity index (χ3n) is 7.22. The van der Waals surface area contributed by atoms with Crippen LogP contribution in [0.4, 0.5) is 0 Å². The highest BCUT2D eigenvalue weighted by Crippen LogP contribution is 2.40. The van der Waals surface area contributed by atoms with Crippen LogP contribution in [0.3, 0.4) is 0 Å². The molecule has 0 aliphatic carbocycles. The summed E-state index contributed by atoms with van der Waals surface area (Å²) in [6, 6.07) is 23.5. The van der Waals surface area contributed by atoms with Crippen molar-refractivity contribution in [1.29, 1.82) is 0 Å². The Kier molecular flexibility index (Phi) is 8.27. The molecule has 0 radical (unpaired) electrons. The summed E-state index contributed by atoms with van der Waals surface area (Å²) in [6.07, 6.45) is 0.532. The third kappa shape index (κ3) is 5.85. The van der Waals surface area contributed by atoms with E-state index in [9.17, 15) is 4.79 Å². The maximum atomic E-state index is 13.7. The second-order valence-electron chi connectivity index (χ2n) is 9.63. The van der Waals surface area contributed by atoms with Gasteiger partial charge in [0, 0.05) is 55.3 Å². The first-order valence-corrected chi connectivity index (χ1v) is 13.3. The van der Waals surface area contributed by atoms with Gasteiger partial charge in [-0.2, -0.15) is 5.10 Å². The molecule has 2 aliphatic heterocycles. The minimum atomic E-state index is -0.321. The third-order valence-corrected chi connectivity index (χ3v) is 7.55. The molecule has 2 aliphatic rings. The van der Waals surface area contributed by atoms with Crippen LogP contribution >= 0.6 is 11.6 Å². The van der Waals surface area contributed by atoms with Crippen LogP contribution in [0.25, 0.3) is 0 Å². The average Bonchev–Trinajstić information content (AvgIpc) is 3.40. The van der Waals surface area contributed by atoms with Gasteiger partial charge in [0.05, 0.1) is 32.5 Å². The van der Waals surface area contributed by atoms with E-state index in [-0.39, 0.29) is 11.9 Å². The standard InChI is InChI=1S/C30H33ClN4O3/c1-37-23-12-13-29(38-2)25(18-23)28-19-27(24-10-6-7-11-26(24)31)32-35(28)30(36)21-34-16-14-33(15-17-34)20-22-8-4-3-5-9-22/h3-13,18,28H,14-17,19-21H2,1-2H3/t28-/m1/s1. The van der Waals surface area contributed by atoms with E-state index >= 15 is 0 Å². The molecular formula is C30H33ClN4O3. The Hall–Kier alpha value is -3.39. The predicted octanol–water partition coefficient (Wildman–Crippen LogP) is 4.85. The van der Waals surface area contributed by atoms with Gasteiger partial charge in [-0.15, -0.1) is 0 Å². The van der Waals surface area contributed by atoms with Crippen LogP contribution in [-0.2, 0) is 11.3 Å². The molecule has 1 saturated heterocycles. The van der Waals surface area contributed by atoms with E-state index in [1.54, 1.807) is 19.2 Å². The summed E-state index contributed by atoms with van der Waals surface area (Å²) in [4.78, 5) is 18.4. The predicted molar refractivity (Wildman–Crippen MR) is 150 cm³/mol. The van der Waals surface area contributed by atoms with Gasteiger partial charge in [0.15, 0.2) is 0 Å². The number of piperazine rings is 1. The number of carbonyl (C=O) groups is 1. The second kappa shape index (κ2) is 12.0. The zero-order valence-electron chi connectivity index (χ0n) is 21.8. The molecule has 0 saturated carbocycles. The lowest BCUT2D eigenvalue weighted by Crippen LogP contribution is -2.49. The minimum absolute atomic E-state index is 0.0431. The Bertz CT molecular complexity index is 1290. The monoisotopic (exact) mass is 532 g/mol. The maximum Gasteiger partial charge on any atom is 0.257 e. The largest absolute Gasteiger partial charge is 0.497 e. The first-order chi connectivity index (χ1) is 18.6. The zero-order chi connectivity index (χ0) is 26.5. The molecule has 3 aromatic carbocycles. The fraction of sp³-hybridized carbons (Fsp3) is 0.333. The zero-order valence-corrected chi connectivity index (χ0v) is 22.6. The molecule has 2 heterocycles. The summed E-state index contributed by atoms with van der Waals surface area (Å²) in [7, 11) is 3.27. The van der Waals surface area contributed by atoms with E-state index in [2.05, 4.69) is 34.1 Å². The molecule has 0 bridgehead atoms. The summed E-state index contributed by atoms with van der Waals surface area (Å²) >= 11 is 6.52. The lowest BCUT2D eigenvalue weighted by atomic mass is 9.97. The van der Waals surface area contributed by atoms with Crippen molar-refractivity contribution in [2.75, 3.05) is 46.9 Å². The van der Waals surface area contributed by atoms with Crippen LogP contribution in [-0.4, -0.2) is 73.4 Å². The van der Waals surface area contributed by atoms with Gasteiger partial charge in [0.25, 0.3) is 5.91 Å². The molecule has 7 nitrogen and oxygen atoms in total. The van der Waals surface area contributed by atoms with Crippen molar-refractivity contribution in [2.45, 2.75) is 19.0 Å². The van der Waals surface area contributed by atoms with E-state index in [1.165, 1.54) is 5.56 Å². The summed E-state index contributed by atoms with van der Waals surface area (Å²) < 4.78 is 11.2. The van der Waals surface area contributed by atoms with E-state index < -0.39 is 0 Å². The van der Waals surface area contributed by atoms with Gasteiger partial charge in [-0.05, 0) is 29.8 Å². The number of halogens is 1. The average molecular weight is 533 g/mol. The SMILES string of the molecule is COc1ccc(OC)c([C@H]2CC(c3ccccc3Cl)=NN2C(=O)CN2CCN(Cc3ccccc3)CC2)c1. The highest BCUT2D eigenvalue weighted by atomic mass is 35.5. The molecule has 5 rings (SSSR count). The summed E-state index contributed by atoms with van der Waals surface area (Å²) in [6.45, 7) is 4.74. The topological polar surface area (TPSA) is 57.6 Å². The van der Waals surface area contributed by atoms with Crippen LogP contribution in [0.2, 0.25) is 5.02 Å². The van der Waals surface area contributed by atoms with Gasteiger partial charge in [0.1, 0.15) is 11.5 Å². The second-order valence-corrected chi connectivity index (χ2v) is 10.0. The van der Waals surface area contributed by atoms with Gasteiger partial charge in [-0.1, -0.05) is 60.1 Å². The molecule has 0 unspecified atom stereocenters. The number of benzene rings is 3. The molecule has 0 N–H and O–H groups in total. The first-order valence-electron chi connectivity index (χ1n) is 12.9. The number of carbonyl (C=O) groups excluding carboxylic acids is 1. The number of hydrogen-bond donors (Lipinski definition) is 0. The summed E-state index contributed by atoms with van der Waals surface area (Å²) in [5, 5.41) is 7.06. The van der Waals surface area contributed by atoms with E-state index in [4.69, 9.17) is 26.2 Å². The number of amides is 1. The molecule has 0 aromatic heterocycles. The number of hydrazone groups is 1. The molecule has 38 heavy (non-hydrogen) atoms. The fourth-order valence-corrected chi connectivity index (χ4v) is 5.40. The molecule has 198 valence electrons. The normalized spacial score (nSPS) is 18.3. The maximum absolute atomic E-state index is 13.7. The fourth-order valence-electron chi connectivity index (χ4n) is 5.15. The van der Waals surface area contributed by atoms with Crippen molar-refractivity contribution in [1.82, 2.24) is 14.8 Å². The number of ether oxygens (including phenoxy) is 2. The van der Waals surface area contributed by atoms with Crippen LogP contribution in [0, 0.1) is 0 Å². The van der Waals surface area contributed by atoms with Crippen molar-refractivity contribution in [2.24, 2.45) is 5.10 Å². The Morgan fingerprint density at radius 3 is 2.34 bits per heavy atom. The van der Waals surface area contributed by atoms with Crippen LogP contribution in [0.5, 0.6) is 11.5 Å². The van der Waals surface area contributed by atoms with Crippen LogP contribution in [0.1, 0.15) is 29.2 Å². The molecule has 3 aromatic rings. The Morgan fingerprint density at radius 2 is 1.63 bits per heavy atom. The first kappa shape index (κ1) is 26.2. The molecule has 1 fully saturated rings. The van der Waals surface area contributed by atoms with Gasteiger partial charge in [-0.3, -0.25) is 14.6 Å². The van der Waals surface area contributed by atoms with E-state index in [0.717, 1.165) is 49.6 Å². The van der Waals surface area contributed by atoms with Crippen molar-refractivity contribution in [3.05, 3.63) is 94.5 Å². The Balaban J connectivity index is 1.34. The van der Waals surface area contributed by atoms with Crippen molar-refractivity contribution in [3.8, 4) is 11.5 Å². The number of nitrogens with zero attached hydrogens (tertiary/aromatic N) is 4. The van der Waals surface area contributed by atoms with Crippen LogP contribution in [0.15, 0.2) is 77.9 Å². The van der Waals surface area contributed by atoms with E-state index in [0.29, 0.717) is 29.5 Å². The molecule has 0 spiro atoms. The van der Waals surface area contributed by atoms with Crippen molar-refractivity contribution < 1.29 is 14.3 Å². The van der Waals surface area contributed by atoms with Gasteiger partial charge >= 0.3 is 0 Å². The quantitative estimate of drug-likeness (QED) is 0.415. The number of rotatable bonds is 8. The lowest BCUT2D eigenvalue weighted by Gasteiger charge is -2.35. The number of hydrogen-bond acceptors (Lipinski definition) is 6. The summed E-state index contributed by atoms with van der Waals surface area (Å²) in [5.74, 6) is 1.35. The smallest absolute Gasteiger partial charge is 0.257 e. The number of methoxy groups -OCH3 is 2. The van der Waals surface area contributed by atoms with Crippen molar-refractivity contribution >= 4 is 23.2 Å². The van der Waals surface area contributed by atoms with Crippen LogP contribution < -0.4 is 9.47 Å². The molecular weight excluding hydrogens is 500 g/mol. The van der Waals surface area contributed by atoms with Gasteiger partial charge in [0.2, 0.25) is 0 Å². The highest BCUT2D eigenvalue weighted by Gasteiger charge is 2.36. The molecule has 8 heteroatoms. The Morgan fingerprint density at radius 1 is 0.921 bits per heavy atom. The Labute approximate surface area is 229 Å².